The van der Waals surface area contributed by atoms with Crippen molar-refractivity contribution in [3.05, 3.63) is 39.7 Å². The molecule has 0 radical (unpaired) electrons. The lowest BCUT2D eigenvalue weighted by molar-refractivity contribution is -0.153. The second kappa shape index (κ2) is 10.5. The molecule has 0 saturated heterocycles. The largest absolute Gasteiger partial charge is 0.508 e. The number of nitrogens with two attached hydrogens (primary N) is 1. The SMILES string of the molecule is CN(C)CC(=O)NCc1cc(N(C)C)c2c(c1O)C(O)=C1C(=O)[C@]3(O)C(O)=C(C(N)=O)C(=O)C(N(C)C)[C@@H]3C[C@@H]1C2. The van der Waals surface area contributed by atoms with Gasteiger partial charge in [0.15, 0.2) is 11.4 Å². The molecule has 0 spiro atoms. The fourth-order valence-corrected chi connectivity index (χ4v) is 6.42. The maximum Gasteiger partial charge on any atom is 0.255 e. The number of rotatable bonds is 7. The van der Waals surface area contributed by atoms with Crippen molar-refractivity contribution < 1.29 is 39.6 Å². The number of benzene rings is 1. The molecule has 3 aliphatic rings. The summed E-state index contributed by atoms with van der Waals surface area (Å²) in [7, 11) is 10.1. The summed E-state index contributed by atoms with van der Waals surface area (Å²) in [6.45, 7) is 0.0645. The molecular weight excluding hydrogens is 534 g/mol. The number of carbonyl (C=O) groups excluding carboxylic acids is 4. The standard InChI is InChI=1S/C28H37N5O8/c1-31(2)11-17(34)30-10-13-9-16(32(3)4)14-7-12-8-15-21(33(5)6)24(37)20(27(29)40)26(39)28(15,41)25(38)18(12)23(36)19(14)22(13)35/h9,12,15,21,35-36,39,41H,7-8,10-11H2,1-6H3,(H2,29,40)(H,30,34)/t12-,15-,21?,28-/m0/s1. The van der Waals surface area contributed by atoms with Crippen LogP contribution in [0.25, 0.3) is 5.76 Å². The lowest BCUT2D eigenvalue weighted by Crippen LogP contribution is -2.65. The van der Waals surface area contributed by atoms with E-state index >= 15 is 0 Å². The maximum absolute atomic E-state index is 14.0. The molecule has 13 nitrogen and oxygen atoms in total. The van der Waals surface area contributed by atoms with Gasteiger partial charge in [0.05, 0.1) is 18.2 Å². The number of anilines is 1. The molecule has 4 rings (SSSR count). The summed E-state index contributed by atoms with van der Waals surface area (Å²) in [5.41, 5.74) is 3.01. The van der Waals surface area contributed by atoms with Gasteiger partial charge in [0.1, 0.15) is 22.8 Å². The van der Waals surface area contributed by atoms with E-state index in [1.54, 1.807) is 58.2 Å². The van der Waals surface area contributed by atoms with E-state index in [1.807, 2.05) is 0 Å². The summed E-state index contributed by atoms with van der Waals surface area (Å²) in [6.07, 6.45) is 0.171. The lowest BCUT2D eigenvalue weighted by Gasteiger charge is -2.50. The minimum Gasteiger partial charge on any atom is -0.508 e. The van der Waals surface area contributed by atoms with Crippen molar-refractivity contribution >= 4 is 34.8 Å². The van der Waals surface area contributed by atoms with E-state index < -0.39 is 58.0 Å². The van der Waals surface area contributed by atoms with Crippen molar-refractivity contribution in [2.24, 2.45) is 17.6 Å². The Hall–Kier alpha value is -3.94. The van der Waals surface area contributed by atoms with Crippen LogP contribution in [0.3, 0.4) is 0 Å². The normalized spacial score (nSPS) is 25.7. The van der Waals surface area contributed by atoms with Crippen LogP contribution in [-0.2, 0) is 32.1 Å². The number of aliphatic hydroxyl groups is 3. The van der Waals surface area contributed by atoms with Crippen molar-refractivity contribution in [3.8, 4) is 5.75 Å². The number of primary amides is 1. The van der Waals surface area contributed by atoms with E-state index in [9.17, 15) is 39.6 Å². The fraction of sp³-hybridized carbons (Fsp3) is 0.500. The molecule has 222 valence electrons. The number of amides is 2. The number of ketones is 2. The average Bonchev–Trinajstić information content (AvgIpc) is 2.84. The highest BCUT2D eigenvalue weighted by Crippen LogP contribution is 2.54. The highest BCUT2D eigenvalue weighted by molar-refractivity contribution is 6.24. The average molecular weight is 572 g/mol. The van der Waals surface area contributed by atoms with Crippen LogP contribution in [0, 0.1) is 11.8 Å². The monoisotopic (exact) mass is 571 g/mol. The van der Waals surface area contributed by atoms with Crippen molar-refractivity contribution in [3.63, 3.8) is 0 Å². The smallest absolute Gasteiger partial charge is 0.255 e. The van der Waals surface area contributed by atoms with Crippen LogP contribution in [0.5, 0.6) is 5.75 Å². The van der Waals surface area contributed by atoms with E-state index in [4.69, 9.17) is 5.73 Å². The minimum absolute atomic E-state index is 0.00172. The highest BCUT2D eigenvalue weighted by atomic mass is 16.3. The molecule has 2 amide bonds. The Kier molecular flexibility index (Phi) is 7.67. The Bertz CT molecular complexity index is 1410. The van der Waals surface area contributed by atoms with Crippen molar-refractivity contribution in [1.82, 2.24) is 15.1 Å². The zero-order valence-electron chi connectivity index (χ0n) is 24.0. The summed E-state index contributed by atoms with van der Waals surface area (Å²) >= 11 is 0. The van der Waals surface area contributed by atoms with Gasteiger partial charge in [0.25, 0.3) is 5.91 Å². The van der Waals surface area contributed by atoms with Gasteiger partial charge in [-0.1, -0.05) is 0 Å². The first-order valence-corrected chi connectivity index (χ1v) is 13.1. The third-order valence-corrected chi connectivity index (χ3v) is 8.19. The first-order chi connectivity index (χ1) is 19.0. The number of nitrogens with zero attached hydrogens (tertiary/aromatic N) is 3. The van der Waals surface area contributed by atoms with Crippen LogP contribution in [0.15, 0.2) is 23.0 Å². The highest BCUT2D eigenvalue weighted by Gasteiger charge is 2.64. The van der Waals surface area contributed by atoms with Crippen molar-refractivity contribution in [2.45, 2.75) is 31.0 Å². The Morgan fingerprint density at radius 2 is 1.73 bits per heavy atom. The first kappa shape index (κ1) is 30.0. The third kappa shape index (κ3) is 4.63. The van der Waals surface area contributed by atoms with Crippen LogP contribution in [-0.4, -0.2) is 114 Å². The summed E-state index contributed by atoms with van der Waals surface area (Å²) in [5.74, 6) is -7.34. The van der Waals surface area contributed by atoms with Gasteiger partial charge in [-0.25, -0.2) is 0 Å². The molecule has 3 aliphatic carbocycles. The van der Waals surface area contributed by atoms with Crippen LogP contribution in [0.2, 0.25) is 0 Å². The van der Waals surface area contributed by atoms with Crippen molar-refractivity contribution in [2.75, 3.05) is 53.7 Å². The molecule has 0 aromatic heterocycles. The molecule has 13 heteroatoms. The Labute approximate surface area is 237 Å². The summed E-state index contributed by atoms with van der Waals surface area (Å²) in [6, 6.07) is 0.548. The maximum atomic E-state index is 14.0. The molecule has 0 bridgehead atoms. The molecule has 1 fully saturated rings. The quantitative estimate of drug-likeness (QED) is 0.224. The van der Waals surface area contributed by atoms with E-state index in [2.05, 4.69) is 5.32 Å². The Morgan fingerprint density at radius 3 is 2.27 bits per heavy atom. The third-order valence-electron chi connectivity index (χ3n) is 8.19. The zero-order chi connectivity index (χ0) is 30.7. The van der Waals surface area contributed by atoms with Gasteiger partial charge in [-0.05, 0) is 58.6 Å². The fourth-order valence-electron chi connectivity index (χ4n) is 6.42. The zero-order valence-corrected chi connectivity index (χ0v) is 24.0. The number of Topliss-reactive ketones (excluding diaryl/α,β-unsaturated/α-hetero) is 2. The first-order valence-electron chi connectivity index (χ1n) is 13.1. The summed E-state index contributed by atoms with van der Waals surface area (Å²) in [4.78, 5) is 56.6. The van der Waals surface area contributed by atoms with Gasteiger partial charge in [0.2, 0.25) is 11.7 Å². The lowest BCUT2D eigenvalue weighted by atomic mass is 9.57. The number of hydrogen-bond acceptors (Lipinski definition) is 11. The number of phenols is 1. The van der Waals surface area contributed by atoms with E-state index in [0.29, 0.717) is 16.8 Å². The molecule has 1 aromatic rings. The molecule has 4 atom stereocenters. The second-order valence-electron chi connectivity index (χ2n) is 11.6. The number of likely N-dealkylation sites (N-methyl/N-ethyl adjacent to an activating group) is 2. The van der Waals surface area contributed by atoms with Crippen LogP contribution >= 0.6 is 0 Å². The summed E-state index contributed by atoms with van der Waals surface area (Å²) < 4.78 is 0. The Balaban J connectivity index is 1.90. The molecule has 1 aromatic carbocycles. The second-order valence-corrected chi connectivity index (χ2v) is 11.6. The van der Waals surface area contributed by atoms with Gasteiger partial charge in [-0.2, -0.15) is 0 Å². The molecule has 0 heterocycles. The van der Waals surface area contributed by atoms with Gasteiger partial charge >= 0.3 is 0 Å². The van der Waals surface area contributed by atoms with E-state index in [1.165, 1.54) is 4.90 Å². The van der Waals surface area contributed by atoms with Gasteiger partial charge in [-0.3, -0.25) is 24.1 Å². The number of phenolic OH excluding ortho intramolecular Hbond substituents is 1. The van der Waals surface area contributed by atoms with Crippen LogP contribution < -0.4 is 16.0 Å². The molecule has 41 heavy (non-hydrogen) atoms. The van der Waals surface area contributed by atoms with Gasteiger partial charge < -0.3 is 41.3 Å². The number of nitrogens with one attached hydrogen (secondary N) is 1. The number of aromatic hydroxyl groups is 1. The molecule has 1 unspecified atom stereocenters. The molecular formula is C28H37N5O8. The summed E-state index contributed by atoms with van der Waals surface area (Å²) in [5, 5.41) is 48.3. The number of hydrogen-bond donors (Lipinski definition) is 6. The topological polar surface area (TPSA) is 197 Å². The predicted octanol–water partition coefficient (Wildman–Crippen LogP) is -0.792. The van der Waals surface area contributed by atoms with E-state index in [-0.39, 0.29) is 48.7 Å². The molecule has 1 saturated carbocycles. The molecule has 7 N–H and O–H groups in total. The predicted molar refractivity (Wildman–Crippen MR) is 149 cm³/mol. The number of aliphatic hydroxyl groups excluding tert-OH is 2. The number of fused-ring (bicyclic) bond motifs is 3. The Morgan fingerprint density at radius 1 is 1.10 bits per heavy atom. The van der Waals surface area contributed by atoms with Crippen molar-refractivity contribution in [1.29, 1.82) is 0 Å². The van der Waals surface area contributed by atoms with Crippen LogP contribution in [0.1, 0.15) is 23.1 Å². The van der Waals surface area contributed by atoms with Gasteiger partial charge in [0, 0.05) is 43.4 Å². The number of carbonyl (C=O) groups is 4. The van der Waals surface area contributed by atoms with Crippen LogP contribution in [0.4, 0.5) is 5.69 Å². The minimum atomic E-state index is -2.71. The molecule has 0 aliphatic heterocycles. The van der Waals surface area contributed by atoms with E-state index in [0.717, 1.165) is 0 Å². The van der Waals surface area contributed by atoms with Gasteiger partial charge in [-0.15, -0.1) is 0 Å².